The molecule has 0 amide bonds. The van der Waals surface area contributed by atoms with E-state index >= 15 is 0 Å². The lowest BCUT2D eigenvalue weighted by atomic mass is 9.91. The highest BCUT2D eigenvalue weighted by Crippen LogP contribution is 2.26. The van der Waals surface area contributed by atoms with Crippen LogP contribution in [0.3, 0.4) is 0 Å². The van der Waals surface area contributed by atoms with Crippen LogP contribution < -0.4 is 0 Å². The Morgan fingerprint density at radius 3 is 2.08 bits per heavy atom. The lowest BCUT2D eigenvalue weighted by Crippen LogP contribution is -2.24. The summed E-state index contributed by atoms with van der Waals surface area (Å²) in [5.41, 5.74) is 1.90. The van der Waals surface area contributed by atoms with E-state index in [9.17, 15) is 4.79 Å². The van der Waals surface area contributed by atoms with E-state index in [0.29, 0.717) is 6.42 Å². The molecule has 24 heavy (non-hydrogen) atoms. The summed E-state index contributed by atoms with van der Waals surface area (Å²) in [5, 5.41) is 0. The molecule has 0 radical (unpaired) electrons. The average Bonchev–Trinajstić information content (AvgIpc) is 2.54. The second kappa shape index (κ2) is 8.11. The maximum absolute atomic E-state index is 12.6. The Hall–Kier alpha value is -2.13. The molecule has 3 heteroatoms. The lowest BCUT2D eigenvalue weighted by Gasteiger charge is -2.21. The fraction of sp³-hybridized carbons (Fsp3) is 0.286. The Bertz CT molecular complexity index is 685. The van der Waals surface area contributed by atoms with Gasteiger partial charge in [0.25, 0.3) is 0 Å². The van der Waals surface area contributed by atoms with Gasteiger partial charge in [-0.15, -0.1) is 0 Å². The molecule has 0 aliphatic rings. The smallest absolute Gasteiger partial charge is 0.241 e. The van der Waals surface area contributed by atoms with Crippen molar-refractivity contribution in [1.29, 1.82) is 0 Å². The molecule has 0 aliphatic heterocycles. The van der Waals surface area contributed by atoms with Crippen molar-refractivity contribution in [3.63, 3.8) is 0 Å². The Morgan fingerprint density at radius 2 is 1.54 bits per heavy atom. The van der Waals surface area contributed by atoms with Crippen LogP contribution in [0.4, 0.5) is 0 Å². The Kier molecular flexibility index (Phi) is 6.15. The maximum Gasteiger partial charge on any atom is 0.241 e. The highest BCUT2D eigenvalue weighted by atomic mass is 28.4. The Balaban J connectivity index is 2.24. The topological polar surface area (TPSA) is 26.3 Å². The SMILES string of the molecule is C/C(=C\C(CC(=O)c1ccccc1)c1ccccc1)O[Si](C)(C)C. The Labute approximate surface area is 146 Å². The largest absolute Gasteiger partial charge is 0.548 e. The first kappa shape index (κ1) is 18.2. The summed E-state index contributed by atoms with van der Waals surface area (Å²) in [6.45, 7) is 8.48. The van der Waals surface area contributed by atoms with Crippen LogP contribution in [0.2, 0.25) is 19.6 Å². The van der Waals surface area contributed by atoms with E-state index in [1.54, 1.807) is 0 Å². The number of carbonyl (C=O) groups excluding carboxylic acids is 1. The van der Waals surface area contributed by atoms with Crippen LogP contribution in [-0.2, 0) is 4.43 Å². The van der Waals surface area contributed by atoms with Gasteiger partial charge in [-0.1, -0.05) is 60.7 Å². The van der Waals surface area contributed by atoms with Gasteiger partial charge in [-0.25, -0.2) is 0 Å². The second-order valence-electron chi connectivity index (χ2n) is 7.00. The number of carbonyl (C=O) groups is 1. The number of allylic oxidation sites excluding steroid dienone is 2. The van der Waals surface area contributed by atoms with Gasteiger partial charge in [-0.05, 0) is 38.2 Å². The molecule has 1 unspecified atom stereocenters. The molecule has 0 saturated carbocycles. The zero-order valence-corrected chi connectivity index (χ0v) is 16.0. The fourth-order valence-electron chi connectivity index (χ4n) is 2.72. The van der Waals surface area contributed by atoms with Crippen LogP contribution in [0.25, 0.3) is 0 Å². The molecule has 0 saturated heterocycles. The fourth-order valence-corrected chi connectivity index (χ4v) is 3.75. The highest BCUT2D eigenvalue weighted by Gasteiger charge is 2.19. The summed E-state index contributed by atoms with van der Waals surface area (Å²) >= 11 is 0. The van der Waals surface area contributed by atoms with Gasteiger partial charge in [0, 0.05) is 17.9 Å². The summed E-state index contributed by atoms with van der Waals surface area (Å²) in [4.78, 5) is 12.6. The monoisotopic (exact) mass is 338 g/mol. The summed E-state index contributed by atoms with van der Waals surface area (Å²) in [6.07, 6.45) is 2.54. The van der Waals surface area contributed by atoms with Gasteiger partial charge in [0.05, 0.1) is 5.76 Å². The zero-order valence-electron chi connectivity index (χ0n) is 15.0. The van der Waals surface area contributed by atoms with E-state index in [-0.39, 0.29) is 11.7 Å². The number of Topliss-reactive ketones (excluding diaryl/α,β-unsaturated/α-hetero) is 1. The van der Waals surface area contributed by atoms with E-state index in [1.807, 2.05) is 55.5 Å². The summed E-state index contributed by atoms with van der Waals surface area (Å²) in [7, 11) is -1.65. The van der Waals surface area contributed by atoms with Gasteiger partial charge in [-0.2, -0.15) is 0 Å². The van der Waals surface area contributed by atoms with Gasteiger partial charge in [0.15, 0.2) is 5.78 Å². The molecule has 0 fully saturated rings. The number of ketones is 1. The third-order valence-corrected chi connectivity index (χ3v) is 4.57. The quantitative estimate of drug-likeness (QED) is 0.362. The molecule has 0 spiro atoms. The highest BCUT2D eigenvalue weighted by molar-refractivity contribution is 6.70. The van der Waals surface area contributed by atoms with Gasteiger partial charge < -0.3 is 4.43 Å². The van der Waals surface area contributed by atoms with E-state index in [4.69, 9.17) is 4.43 Å². The number of hydrogen-bond donors (Lipinski definition) is 0. The van der Waals surface area contributed by atoms with Gasteiger partial charge in [-0.3, -0.25) is 4.79 Å². The van der Waals surface area contributed by atoms with Gasteiger partial charge in [0.2, 0.25) is 8.32 Å². The van der Waals surface area contributed by atoms with Crippen molar-refractivity contribution in [3.8, 4) is 0 Å². The molecule has 2 aromatic rings. The van der Waals surface area contributed by atoms with Crippen molar-refractivity contribution in [2.45, 2.75) is 38.9 Å². The number of benzene rings is 2. The molecule has 0 aromatic heterocycles. The summed E-state index contributed by atoms with van der Waals surface area (Å²) in [5.74, 6) is 1.08. The first-order valence-corrected chi connectivity index (χ1v) is 11.8. The predicted octanol–water partition coefficient (Wildman–Crippen LogP) is 5.80. The molecule has 0 aliphatic carbocycles. The van der Waals surface area contributed by atoms with Crippen LogP contribution in [0.5, 0.6) is 0 Å². The molecule has 1 atom stereocenters. The zero-order chi connectivity index (χ0) is 17.6. The molecule has 2 rings (SSSR count). The summed E-state index contributed by atoms with van der Waals surface area (Å²) < 4.78 is 6.07. The third-order valence-electron chi connectivity index (χ3n) is 3.63. The minimum absolute atomic E-state index is 0.0234. The first-order chi connectivity index (χ1) is 11.3. The molecule has 2 aromatic carbocycles. The normalized spacial score (nSPS) is 13.4. The minimum atomic E-state index is -1.65. The van der Waals surface area contributed by atoms with Crippen LogP contribution in [0, 0.1) is 0 Å². The Morgan fingerprint density at radius 1 is 1.00 bits per heavy atom. The van der Waals surface area contributed by atoms with Crippen molar-refractivity contribution < 1.29 is 9.22 Å². The van der Waals surface area contributed by atoms with Crippen molar-refractivity contribution >= 4 is 14.1 Å². The second-order valence-corrected chi connectivity index (χ2v) is 11.4. The molecular weight excluding hydrogens is 312 g/mol. The van der Waals surface area contributed by atoms with Crippen molar-refractivity contribution in [2.24, 2.45) is 0 Å². The van der Waals surface area contributed by atoms with Gasteiger partial charge in [0.1, 0.15) is 0 Å². The molecule has 2 nitrogen and oxygen atoms in total. The standard InChI is InChI=1S/C21H26O2Si/c1-17(23-24(2,3)4)15-20(18-11-7-5-8-12-18)16-21(22)19-13-9-6-10-14-19/h5-15,20H,16H2,1-4H3/b17-15+. The van der Waals surface area contributed by atoms with Crippen molar-refractivity contribution in [2.75, 3.05) is 0 Å². The minimum Gasteiger partial charge on any atom is -0.548 e. The molecule has 0 bridgehead atoms. The molecule has 126 valence electrons. The van der Waals surface area contributed by atoms with E-state index in [2.05, 4.69) is 37.8 Å². The van der Waals surface area contributed by atoms with Crippen LogP contribution >= 0.6 is 0 Å². The van der Waals surface area contributed by atoms with E-state index < -0.39 is 8.32 Å². The number of rotatable bonds is 7. The van der Waals surface area contributed by atoms with E-state index in [0.717, 1.165) is 16.9 Å². The molecule has 0 N–H and O–H groups in total. The maximum atomic E-state index is 12.6. The van der Waals surface area contributed by atoms with Crippen LogP contribution in [-0.4, -0.2) is 14.1 Å². The van der Waals surface area contributed by atoms with Gasteiger partial charge >= 0.3 is 0 Å². The predicted molar refractivity (Wildman–Crippen MR) is 103 cm³/mol. The number of hydrogen-bond acceptors (Lipinski definition) is 2. The van der Waals surface area contributed by atoms with Crippen molar-refractivity contribution in [1.82, 2.24) is 0 Å². The average molecular weight is 339 g/mol. The molecular formula is C21H26O2Si. The first-order valence-electron chi connectivity index (χ1n) is 8.36. The van der Waals surface area contributed by atoms with E-state index in [1.165, 1.54) is 0 Å². The summed E-state index contributed by atoms with van der Waals surface area (Å²) in [6, 6.07) is 19.6. The van der Waals surface area contributed by atoms with Crippen LogP contribution in [0.1, 0.15) is 35.2 Å². The van der Waals surface area contributed by atoms with Crippen molar-refractivity contribution in [3.05, 3.63) is 83.6 Å². The van der Waals surface area contributed by atoms with Crippen LogP contribution in [0.15, 0.2) is 72.5 Å². The lowest BCUT2D eigenvalue weighted by molar-refractivity contribution is 0.0978. The molecule has 0 heterocycles. The third kappa shape index (κ3) is 5.82.